The van der Waals surface area contributed by atoms with E-state index in [0.29, 0.717) is 5.92 Å². The third-order valence-electron chi connectivity index (χ3n) is 1.59. The standard InChI is InChI=1S/C9H14BrIN2O/c1-7(2)6-14-4-3-13-5-8(10)9(11)12-13/h5,7H,3-4,6H2,1-2H3. The van der Waals surface area contributed by atoms with Gasteiger partial charge in [0.1, 0.15) is 3.70 Å². The van der Waals surface area contributed by atoms with Crippen LogP contribution in [-0.4, -0.2) is 23.0 Å². The topological polar surface area (TPSA) is 27.1 Å². The van der Waals surface area contributed by atoms with E-state index in [-0.39, 0.29) is 0 Å². The van der Waals surface area contributed by atoms with Gasteiger partial charge in [-0.3, -0.25) is 4.68 Å². The van der Waals surface area contributed by atoms with Gasteiger partial charge in [-0.05, 0) is 44.4 Å². The quantitative estimate of drug-likeness (QED) is 0.587. The minimum Gasteiger partial charge on any atom is -0.379 e. The first-order valence-electron chi connectivity index (χ1n) is 4.55. The van der Waals surface area contributed by atoms with Gasteiger partial charge in [-0.2, -0.15) is 5.10 Å². The molecule has 0 spiro atoms. The van der Waals surface area contributed by atoms with Crippen LogP contribution in [0.4, 0.5) is 0 Å². The maximum atomic E-state index is 5.47. The summed E-state index contributed by atoms with van der Waals surface area (Å²) in [6.45, 7) is 6.65. The van der Waals surface area contributed by atoms with Crippen molar-refractivity contribution in [3.05, 3.63) is 14.4 Å². The predicted molar refractivity (Wildman–Crippen MR) is 68.3 cm³/mol. The highest BCUT2D eigenvalue weighted by Crippen LogP contribution is 2.16. The lowest BCUT2D eigenvalue weighted by Crippen LogP contribution is -2.09. The zero-order valence-corrected chi connectivity index (χ0v) is 12.1. The summed E-state index contributed by atoms with van der Waals surface area (Å²) in [7, 11) is 0. The smallest absolute Gasteiger partial charge is 0.137 e. The molecule has 1 heterocycles. The van der Waals surface area contributed by atoms with Crippen molar-refractivity contribution in [3.8, 4) is 0 Å². The molecular weight excluding hydrogens is 359 g/mol. The molecule has 1 rings (SSSR count). The van der Waals surface area contributed by atoms with Crippen molar-refractivity contribution < 1.29 is 4.74 Å². The Labute approximate surface area is 106 Å². The van der Waals surface area contributed by atoms with Gasteiger partial charge in [0.2, 0.25) is 0 Å². The van der Waals surface area contributed by atoms with Gasteiger partial charge in [0.15, 0.2) is 0 Å². The molecular formula is C9H14BrIN2O. The van der Waals surface area contributed by atoms with Gasteiger partial charge in [-0.15, -0.1) is 0 Å². The van der Waals surface area contributed by atoms with Crippen molar-refractivity contribution in [1.29, 1.82) is 0 Å². The highest BCUT2D eigenvalue weighted by molar-refractivity contribution is 14.1. The minimum absolute atomic E-state index is 0.597. The van der Waals surface area contributed by atoms with Crippen LogP contribution in [0, 0.1) is 9.62 Å². The van der Waals surface area contributed by atoms with E-state index in [1.807, 2.05) is 10.9 Å². The molecule has 0 bridgehead atoms. The van der Waals surface area contributed by atoms with E-state index in [4.69, 9.17) is 4.74 Å². The molecule has 0 saturated heterocycles. The first-order valence-corrected chi connectivity index (χ1v) is 6.43. The van der Waals surface area contributed by atoms with Crippen LogP contribution in [0.1, 0.15) is 13.8 Å². The Bertz CT molecular complexity index is 269. The van der Waals surface area contributed by atoms with Crippen LogP contribution in [0.15, 0.2) is 10.7 Å². The predicted octanol–water partition coefficient (Wildman–Crippen LogP) is 2.92. The van der Waals surface area contributed by atoms with Crippen LogP contribution in [0.3, 0.4) is 0 Å². The summed E-state index contributed by atoms with van der Waals surface area (Å²) in [5.41, 5.74) is 0. The fraction of sp³-hybridized carbons (Fsp3) is 0.667. The number of aromatic nitrogens is 2. The van der Waals surface area contributed by atoms with Crippen LogP contribution in [-0.2, 0) is 11.3 Å². The largest absolute Gasteiger partial charge is 0.379 e. The van der Waals surface area contributed by atoms with Crippen molar-refractivity contribution >= 4 is 38.5 Å². The Balaban J connectivity index is 2.25. The van der Waals surface area contributed by atoms with E-state index in [2.05, 4.69) is 57.5 Å². The fourth-order valence-corrected chi connectivity index (χ4v) is 1.70. The van der Waals surface area contributed by atoms with Crippen molar-refractivity contribution in [2.75, 3.05) is 13.2 Å². The Morgan fingerprint density at radius 3 is 2.86 bits per heavy atom. The second-order valence-electron chi connectivity index (χ2n) is 3.50. The molecule has 3 nitrogen and oxygen atoms in total. The van der Waals surface area contributed by atoms with E-state index in [9.17, 15) is 0 Å². The molecule has 0 aliphatic carbocycles. The van der Waals surface area contributed by atoms with Gasteiger partial charge >= 0.3 is 0 Å². The summed E-state index contributed by atoms with van der Waals surface area (Å²) in [5, 5.41) is 4.30. The summed E-state index contributed by atoms with van der Waals surface area (Å²) in [6.07, 6.45) is 1.97. The highest BCUT2D eigenvalue weighted by atomic mass is 127. The van der Waals surface area contributed by atoms with Crippen molar-refractivity contribution in [3.63, 3.8) is 0 Å². The lowest BCUT2D eigenvalue weighted by molar-refractivity contribution is 0.101. The van der Waals surface area contributed by atoms with Gasteiger partial charge < -0.3 is 4.74 Å². The molecule has 80 valence electrons. The van der Waals surface area contributed by atoms with Gasteiger partial charge in [0.05, 0.1) is 17.6 Å². The van der Waals surface area contributed by atoms with E-state index in [0.717, 1.165) is 27.9 Å². The maximum absolute atomic E-state index is 5.47. The molecule has 0 amide bonds. The molecule has 0 fully saturated rings. The monoisotopic (exact) mass is 372 g/mol. The Morgan fingerprint density at radius 1 is 1.64 bits per heavy atom. The lowest BCUT2D eigenvalue weighted by atomic mass is 10.2. The van der Waals surface area contributed by atoms with Crippen LogP contribution in [0.25, 0.3) is 0 Å². The highest BCUT2D eigenvalue weighted by Gasteiger charge is 2.02. The van der Waals surface area contributed by atoms with Crippen LogP contribution in [0.2, 0.25) is 0 Å². The molecule has 0 N–H and O–H groups in total. The number of hydrogen-bond acceptors (Lipinski definition) is 2. The van der Waals surface area contributed by atoms with E-state index in [1.54, 1.807) is 0 Å². The molecule has 14 heavy (non-hydrogen) atoms. The first-order chi connectivity index (χ1) is 6.59. The molecule has 0 aliphatic rings. The zero-order chi connectivity index (χ0) is 10.6. The molecule has 0 unspecified atom stereocenters. The Morgan fingerprint density at radius 2 is 2.36 bits per heavy atom. The van der Waals surface area contributed by atoms with Gasteiger partial charge in [0, 0.05) is 12.8 Å². The fourth-order valence-electron chi connectivity index (χ4n) is 0.965. The number of nitrogens with zero attached hydrogens (tertiary/aromatic N) is 2. The second kappa shape index (κ2) is 6.07. The molecule has 1 aromatic heterocycles. The summed E-state index contributed by atoms with van der Waals surface area (Å²) in [6, 6.07) is 0. The summed E-state index contributed by atoms with van der Waals surface area (Å²) in [5.74, 6) is 0.597. The number of halogens is 2. The van der Waals surface area contributed by atoms with E-state index >= 15 is 0 Å². The van der Waals surface area contributed by atoms with Crippen LogP contribution >= 0.6 is 38.5 Å². The Hall–Kier alpha value is 0.380. The third-order valence-corrected chi connectivity index (χ3v) is 3.71. The average molecular weight is 373 g/mol. The molecule has 0 atom stereocenters. The molecule has 1 aromatic rings. The van der Waals surface area contributed by atoms with Crippen LogP contribution < -0.4 is 0 Å². The first kappa shape index (κ1) is 12.4. The van der Waals surface area contributed by atoms with Gasteiger partial charge in [-0.25, -0.2) is 0 Å². The van der Waals surface area contributed by atoms with Crippen molar-refractivity contribution in [2.24, 2.45) is 5.92 Å². The normalized spacial score (nSPS) is 11.2. The Kier molecular flexibility index (Phi) is 5.40. The van der Waals surface area contributed by atoms with Gasteiger partial charge in [-0.1, -0.05) is 13.8 Å². The number of rotatable bonds is 5. The minimum atomic E-state index is 0.597. The maximum Gasteiger partial charge on any atom is 0.137 e. The third kappa shape index (κ3) is 4.27. The molecule has 0 radical (unpaired) electrons. The van der Waals surface area contributed by atoms with E-state index in [1.165, 1.54) is 0 Å². The summed E-state index contributed by atoms with van der Waals surface area (Å²) in [4.78, 5) is 0. The van der Waals surface area contributed by atoms with Gasteiger partial charge in [0.25, 0.3) is 0 Å². The van der Waals surface area contributed by atoms with Crippen molar-refractivity contribution in [1.82, 2.24) is 9.78 Å². The molecule has 5 heteroatoms. The second-order valence-corrected chi connectivity index (χ2v) is 5.38. The lowest BCUT2D eigenvalue weighted by Gasteiger charge is -2.06. The molecule has 0 aromatic carbocycles. The molecule has 0 saturated carbocycles. The van der Waals surface area contributed by atoms with E-state index < -0.39 is 0 Å². The zero-order valence-electron chi connectivity index (χ0n) is 8.33. The molecule has 0 aliphatic heterocycles. The average Bonchev–Trinajstić information content (AvgIpc) is 2.40. The SMILES string of the molecule is CC(C)COCCn1cc(Br)c(I)n1. The van der Waals surface area contributed by atoms with Crippen LogP contribution in [0.5, 0.6) is 0 Å². The van der Waals surface area contributed by atoms with Crippen molar-refractivity contribution in [2.45, 2.75) is 20.4 Å². The number of ether oxygens (including phenoxy) is 1. The summed E-state index contributed by atoms with van der Waals surface area (Å²) < 4.78 is 9.40. The summed E-state index contributed by atoms with van der Waals surface area (Å²) >= 11 is 5.61. The number of hydrogen-bond donors (Lipinski definition) is 0.